The molecule has 1 aromatic heterocycles. The first-order valence-electron chi connectivity index (χ1n) is 7.24. The quantitative estimate of drug-likeness (QED) is 0.376. The molecule has 25 heavy (non-hydrogen) atoms. The van der Waals surface area contributed by atoms with Gasteiger partial charge in [0.05, 0.1) is 15.2 Å². The second kappa shape index (κ2) is 7.37. The van der Waals surface area contributed by atoms with Gasteiger partial charge in [-0.15, -0.1) is 0 Å². The van der Waals surface area contributed by atoms with Crippen molar-refractivity contribution in [3.05, 3.63) is 56.5 Å². The van der Waals surface area contributed by atoms with E-state index in [0.29, 0.717) is 26.0 Å². The Labute approximate surface area is 159 Å². The highest BCUT2D eigenvalue weighted by Crippen LogP contribution is 2.36. The summed E-state index contributed by atoms with van der Waals surface area (Å²) < 4.78 is 16.7. The Bertz CT molecular complexity index is 877. The van der Waals surface area contributed by atoms with Crippen molar-refractivity contribution in [3.8, 4) is 5.75 Å². The van der Waals surface area contributed by atoms with Crippen LogP contribution in [0.2, 0.25) is 0 Å². The average Bonchev–Trinajstić information content (AvgIpc) is 3.21. The summed E-state index contributed by atoms with van der Waals surface area (Å²) in [5.74, 6) is -0.0451. The number of carbonyl (C=O) groups is 2. The van der Waals surface area contributed by atoms with E-state index in [1.807, 2.05) is 0 Å². The molecule has 0 fully saturated rings. The minimum Gasteiger partial charge on any atom is -0.459 e. The van der Waals surface area contributed by atoms with Gasteiger partial charge in [0, 0.05) is 6.42 Å². The standard InChI is InChI=1S/C17H11Br2NO5/c1-2-14(21)24-15-10(18)6-9(7-11(15)19)8-12-17(22)25-16(20-12)13-4-3-5-23-13/h3-8H,2H2,1H3/b12-8-. The molecule has 0 amide bonds. The van der Waals surface area contributed by atoms with E-state index in [0.717, 1.165) is 0 Å². The maximum absolute atomic E-state index is 12.0. The van der Waals surface area contributed by atoms with Crippen LogP contribution >= 0.6 is 31.9 Å². The molecule has 8 heteroatoms. The number of hydrogen-bond acceptors (Lipinski definition) is 6. The third-order valence-corrected chi connectivity index (χ3v) is 4.36. The SMILES string of the molecule is CCC(=O)Oc1c(Br)cc(/C=C2\N=C(c3ccco3)OC2=O)cc1Br. The zero-order valence-electron chi connectivity index (χ0n) is 12.9. The molecule has 0 saturated carbocycles. The van der Waals surface area contributed by atoms with E-state index < -0.39 is 5.97 Å². The van der Waals surface area contributed by atoms with Crippen LogP contribution in [0.5, 0.6) is 5.75 Å². The second-order valence-electron chi connectivity index (χ2n) is 4.95. The molecule has 128 valence electrons. The molecule has 2 heterocycles. The molecule has 0 unspecified atom stereocenters. The number of cyclic esters (lactones) is 1. The molecule has 0 radical (unpaired) electrons. The van der Waals surface area contributed by atoms with Crippen molar-refractivity contribution in [1.82, 2.24) is 0 Å². The van der Waals surface area contributed by atoms with Crippen molar-refractivity contribution in [2.45, 2.75) is 13.3 Å². The number of rotatable bonds is 4. The largest absolute Gasteiger partial charge is 0.459 e. The van der Waals surface area contributed by atoms with Gasteiger partial charge in [0.1, 0.15) is 0 Å². The summed E-state index contributed by atoms with van der Waals surface area (Å²) in [4.78, 5) is 27.6. The fourth-order valence-corrected chi connectivity index (χ4v) is 3.40. The van der Waals surface area contributed by atoms with Crippen LogP contribution < -0.4 is 4.74 Å². The van der Waals surface area contributed by atoms with Gasteiger partial charge in [-0.05, 0) is 67.8 Å². The van der Waals surface area contributed by atoms with Crippen molar-refractivity contribution >= 4 is 55.8 Å². The van der Waals surface area contributed by atoms with Gasteiger partial charge < -0.3 is 13.9 Å². The van der Waals surface area contributed by atoms with Crippen molar-refractivity contribution < 1.29 is 23.5 Å². The molecule has 6 nitrogen and oxygen atoms in total. The molecule has 0 spiro atoms. The maximum atomic E-state index is 12.0. The van der Waals surface area contributed by atoms with Crippen LogP contribution in [0.15, 0.2) is 54.6 Å². The summed E-state index contributed by atoms with van der Waals surface area (Å²) in [7, 11) is 0. The number of furan rings is 1. The van der Waals surface area contributed by atoms with Gasteiger partial charge in [-0.3, -0.25) is 4.79 Å². The normalized spacial score (nSPS) is 15.2. The molecular formula is C17H11Br2NO5. The van der Waals surface area contributed by atoms with Crippen LogP contribution in [0.25, 0.3) is 6.08 Å². The van der Waals surface area contributed by atoms with Crippen LogP contribution in [-0.2, 0) is 14.3 Å². The second-order valence-corrected chi connectivity index (χ2v) is 6.66. The van der Waals surface area contributed by atoms with E-state index in [1.165, 1.54) is 6.26 Å². The van der Waals surface area contributed by atoms with Crippen LogP contribution in [0, 0.1) is 0 Å². The minimum absolute atomic E-state index is 0.118. The van der Waals surface area contributed by atoms with Crippen molar-refractivity contribution in [1.29, 1.82) is 0 Å². The molecule has 0 N–H and O–H groups in total. The number of ether oxygens (including phenoxy) is 2. The lowest BCUT2D eigenvalue weighted by Crippen LogP contribution is -2.06. The van der Waals surface area contributed by atoms with Crippen molar-refractivity contribution in [3.63, 3.8) is 0 Å². The lowest BCUT2D eigenvalue weighted by molar-refractivity contribution is -0.134. The van der Waals surface area contributed by atoms with Gasteiger partial charge >= 0.3 is 11.9 Å². The molecule has 1 aliphatic rings. The molecule has 2 aromatic rings. The fraction of sp³-hybridized carbons (Fsp3) is 0.118. The number of benzene rings is 1. The van der Waals surface area contributed by atoms with E-state index in [-0.39, 0.29) is 24.0 Å². The summed E-state index contributed by atoms with van der Waals surface area (Å²) in [5, 5.41) is 0. The van der Waals surface area contributed by atoms with Crippen molar-refractivity contribution in [2.75, 3.05) is 0 Å². The lowest BCUT2D eigenvalue weighted by Gasteiger charge is -2.09. The predicted molar refractivity (Wildman–Crippen MR) is 97.1 cm³/mol. The number of hydrogen-bond donors (Lipinski definition) is 0. The Hall–Kier alpha value is -2.19. The molecule has 0 bridgehead atoms. The molecule has 3 rings (SSSR count). The summed E-state index contributed by atoms with van der Waals surface area (Å²) in [5.41, 5.74) is 0.815. The van der Waals surface area contributed by atoms with E-state index in [1.54, 1.807) is 37.3 Å². The van der Waals surface area contributed by atoms with Crippen LogP contribution in [0.3, 0.4) is 0 Å². The molecule has 0 atom stereocenters. The van der Waals surface area contributed by atoms with Gasteiger partial charge in [-0.2, -0.15) is 0 Å². The number of carbonyl (C=O) groups excluding carboxylic acids is 2. The Morgan fingerprint density at radius 3 is 2.64 bits per heavy atom. The zero-order chi connectivity index (χ0) is 18.0. The van der Waals surface area contributed by atoms with E-state index in [9.17, 15) is 9.59 Å². The fourth-order valence-electron chi connectivity index (χ4n) is 2.02. The number of nitrogens with zero attached hydrogens (tertiary/aromatic N) is 1. The van der Waals surface area contributed by atoms with Gasteiger partial charge in [-0.25, -0.2) is 9.79 Å². The van der Waals surface area contributed by atoms with Gasteiger partial charge in [0.15, 0.2) is 17.2 Å². The minimum atomic E-state index is -0.569. The average molecular weight is 469 g/mol. The smallest absolute Gasteiger partial charge is 0.363 e. The molecule has 0 saturated heterocycles. The Kier molecular flexibility index (Phi) is 5.19. The van der Waals surface area contributed by atoms with Crippen LogP contribution in [0.1, 0.15) is 24.7 Å². The predicted octanol–water partition coefficient (Wildman–Crippen LogP) is 4.46. The third-order valence-electron chi connectivity index (χ3n) is 3.18. The van der Waals surface area contributed by atoms with Gasteiger partial charge in [0.25, 0.3) is 5.90 Å². The summed E-state index contributed by atoms with van der Waals surface area (Å²) >= 11 is 6.72. The third kappa shape index (κ3) is 3.91. The molecule has 1 aliphatic heterocycles. The first-order chi connectivity index (χ1) is 12.0. The zero-order valence-corrected chi connectivity index (χ0v) is 16.1. The van der Waals surface area contributed by atoms with E-state index in [2.05, 4.69) is 36.9 Å². The Morgan fingerprint density at radius 2 is 2.04 bits per heavy atom. The Balaban J connectivity index is 1.91. The first kappa shape index (κ1) is 17.6. The van der Waals surface area contributed by atoms with Gasteiger partial charge in [0.2, 0.25) is 0 Å². The van der Waals surface area contributed by atoms with E-state index in [4.69, 9.17) is 13.9 Å². The highest BCUT2D eigenvalue weighted by Gasteiger charge is 2.26. The van der Waals surface area contributed by atoms with Crippen LogP contribution in [0.4, 0.5) is 0 Å². The molecule has 1 aromatic carbocycles. The topological polar surface area (TPSA) is 78.1 Å². The number of aliphatic imine (C=N–C) groups is 1. The highest BCUT2D eigenvalue weighted by atomic mass is 79.9. The highest BCUT2D eigenvalue weighted by molar-refractivity contribution is 9.11. The van der Waals surface area contributed by atoms with Crippen molar-refractivity contribution in [2.24, 2.45) is 4.99 Å². The van der Waals surface area contributed by atoms with E-state index >= 15 is 0 Å². The Morgan fingerprint density at radius 1 is 1.32 bits per heavy atom. The van der Waals surface area contributed by atoms with Gasteiger partial charge in [-0.1, -0.05) is 6.92 Å². The number of esters is 2. The summed E-state index contributed by atoms with van der Waals surface area (Å²) in [6.07, 6.45) is 3.30. The first-order valence-corrected chi connectivity index (χ1v) is 8.82. The lowest BCUT2D eigenvalue weighted by atomic mass is 10.2. The van der Waals surface area contributed by atoms with Crippen LogP contribution in [-0.4, -0.2) is 17.8 Å². The molecule has 0 aliphatic carbocycles. The monoisotopic (exact) mass is 467 g/mol. The summed E-state index contributed by atoms with van der Waals surface area (Å²) in [6, 6.07) is 6.75. The number of halogens is 2. The maximum Gasteiger partial charge on any atom is 0.363 e. The molecular weight excluding hydrogens is 458 g/mol. The summed E-state index contributed by atoms with van der Waals surface area (Å²) in [6.45, 7) is 1.71.